The van der Waals surface area contributed by atoms with Gasteiger partial charge in [0, 0.05) is 35.1 Å². The van der Waals surface area contributed by atoms with Gasteiger partial charge in [-0.25, -0.2) is 0 Å². The number of carbonyl (C=O) groups excluding carboxylic acids is 1. The summed E-state index contributed by atoms with van der Waals surface area (Å²) in [6.07, 6.45) is 2.97. The summed E-state index contributed by atoms with van der Waals surface area (Å²) >= 11 is 0. The van der Waals surface area contributed by atoms with Crippen molar-refractivity contribution in [3.8, 4) is 0 Å². The number of benzene rings is 1. The number of para-hydroxylation sites is 1. The quantitative estimate of drug-likeness (QED) is 0.768. The van der Waals surface area contributed by atoms with E-state index in [1.165, 1.54) is 22.2 Å². The third kappa shape index (κ3) is 1.55. The van der Waals surface area contributed by atoms with Crippen LogP contribution in [0.15, 0.2) is 24.3 Å². The molecule has 7 rings (SSSR count). The Morgan fingerprint density at radius 2 is 2.00 bits per heavy atom. The molecule has 26 heavy (non-hydrogen) atoms. The molecule has 1 aliphatic carbocycles. The number of fused-ring (bicyclic) bond motifs is 4. The van der Waals surface area contributed by atoms with Crippen LogP contribution in [0.2, 0.25) is 0 Å². The molecule has 5 aliphatic rings. The minimum Gasteiger partial charge on any atom is -0.358 e. The van der Waals surface area contributed by atoms with Crippen molar-refractivity contribution >= 4 is 16.8 Å². The minimum atomic E-state index is -0.257. The SMILES string of the molecule is C[C@H]1CN2C[C@]34Cc5c([nH]c6ccccc56)C(C)(C)[C@@H]3C[C@@]2(C1)C(=O)N4. The molecule has 4 nitrogen and oxygen atoms in total. The summed E-state index contributed by atoms with van der Waals surface area (Å²) in [5.41, 5.74) is 3.70. The molecule has 4 atom stereocenters. The monoisotopic (exact) mass is 349 g/mol. The summed E-state index contributed by atoms with van der Waals surface area (Å²) in [5.74, 6) is 1.39. The van der Waals surface area contributed by atoms with Crippen LogP contribution in [0.25, 0.3) is 10.9 Å². The van der Waals surface area contributed by atoms with Gasteiger partial charge in [0.25, 0.3) is 0 Å². The molecule has 2 N–H and O–H groups in total. The topological polar surface area (TPSA) is 48.1 Å². The molecule has 2 spiro atoms. The van der Waals surface area contributed by atoms with E-state index in [0.717, 1.165) is 32.4 Å². The highest BCUT2D eigenvalue weighted by atomic mass is 16.2. The first-order valence-corrected chi connectivity index (χ1v) is 10.0. The van der Waals surface area contributed by atoms with E-state index in [1.54, 1.807) is 0 Å². The first-order chi connectivity index (χ1) is 12.4. The van der Waals surface area contributed by atoms with Crippen molar-refractivity contribution < 1.29 is 4.79 Å². The Labute approximate surface area is 154 Å². The molecular weight excluding hydrogens is 322 g/mol. The van der Waals surface area contributed by atoms with E-state index in [9.17, 15) is 4.79 Å². The highest BCUT2D eigenvalue weighted by Gasteiger charge is 2.69. The summed E-state index contributed by atoms with van der Waals surface area (Å²) in [6, 6.07) is 8.64. The molecule has 2 aromatic rings. The summed E-state index contributed by atoms with van der Waals surface area (Å²) in [7, 11) is 0. The van der Waals surface area contributed by atoms with Crippen LogP contribution in [-0.2, 0) is 16.6 Å². The minimum absolute atomic E-state index is 0.0330. The maximum Gasteiger partial charge on any atom is 0.241 e. The fourth-order valence-electron chi connectivity index (χ4n) is 7.12. The highest BCUT2D eigenvalue weighted by molar-refractivity contribution is 5.91. The Balaban J connectivity index is 1.58. The second-order valence-electron chi connectivity index (χ2n) is 10.0. The lowest BCUT2D eigenvalue weighted by atomic mass is 9.51. The molecule has 1 aromatic carbocycles. The number of piperazine rings is 1. The lowest BCUT2D eigenvalue weighted by molar-refractivity contribution is -0.160. The van der Waals surface area contributed by atoms with Gasteiger partial charge in [-0.1, -0.05) is 39.0 Å². The van der Waals surface area contributed by atoms with E-state index in [1.807, 2.05) is 0 Å². The van der Waals surface area contributed by atoms with Crippen molar-refractivity contribution in [2.45, 2.75) is 56.5 Å². The third-order valence-corrected chi connectivity index (χ3v) is 8.11. The van der Waals surface area contributed by atoms with Crippen LogP contribution in [0, 0.1) is 11.8 Å². The molecule has 2 bridgehead atoms. The fraction of sp³-hybridized carbons (Fsp3) is 0.591. The van der Waals surface area contributed by atoms with Crippen LogP contribution in [-0.4, -0.2) is 40.0 Å². The number of H-pyrrole nitrogens is 1. The van der Waals surface area contributed by atoms with Crippen LogP contribution in [0.5, 0.6) is 0 Å². The molecule has 136 valence electrons. The number of nitrogens with zero attached hydrogens (tertiary/aromatic N) is 1. The standard InChI is InChI=1S/C22H27N3O/c1-13-8-22-10-17-20(2,3)18-15(14-6-4-5-7-16(14)23-18)9-21(17,24-19(22)26)12-25(22)11-13/h4-7,13,17,23H,8-12H2,1-3H3,(H,24,26)/t13-,17+,21-,22+/m1/s1. The van der Waals surface area contributed by atoms with Gasteiger partial charge in [-0.05, 0) is 42.7 Å². The molecule has 4 saturated heterocycles. The second kappa shape index (κ2) is 4.36. The first-order valence-electron chi connectivity index (χ1n) is 10.0. The van der Waals surface area contributed by atoms with Crippen molar-refractivity contribution in [1.82, 2.24) is 15.2 Å². The predicted molar refractivity (Wildman–Crippen MR) is 102 cm³/mol. The van der Waals surface area contributed by atoms with Gasteiger partial charge >= 0.3 is 0 Å². The number of amides is 1. The number of aromatic amines is 1. The molecule has 1 amide bonds. The second-order valence-corrected chi connectivity index (χ2v) is 10.0. The Hall–Kier alpha value is -1.81. The van der Waals surface area contributed by atoms with Gasteiger partial charge in [-0.15, -0.1) is 0 Å². The van der Waals surface area contributed by atoms with E-state index >= 15 is 0 Å². The maximum atomic E-state index is 13.2. The van der Waals surface area contributed by atoms with Gasteiger partial charge in [-0.3, -0.25) is 9.69 Å². The summed E-state index contributed by atoms with van der Waals surface area (Å²) < 4.78 is 0. The molecule has 5 heterocycles. The molecule has 0 radical (unpaired) electrons. The van der Waals surface area contributed by atoms with Gasteiger partial charge in [-0.2, -0.15) is 0 Å². The number of aromatic nitrogens is 1. The first kappa shape index (κ1) is 15.3. The van der Waals surface area contributed by atoms with E-state index in [4.69, 9.17) is 0 Å². The lowest BCUT2D eigenvalue weighted by Gasteiger charge is -2.65. The summed E-state index contributed by atoms with van der Waals surface area (Å²) in [6.45, 7) is 9.16. The Bertz CT molecular complexity index is 959. The summed E-state index contributed by atoms with van der Waals surface area (Å²) in [5, 5.41) is 4.90. The number of rotatable bonds is 0. The third-order valence-electron chi connectivity index (χ3n) is 8.11. The molecule has 0 unspecified atom stereocenters. The smallest absolute Gasteiger partial charge is 0.241 e. The van der Waals surface area contributed by atoms with Crippen LogP contribution >= 0.6 is 0 Å². The predicted octanol–water partition coefficient (Wildman–Crippen LogP) is 2.97. The van der Waals surface area contributed by atoms with Crippen molar-refractivity contribution in [3.05, 3.63) is 35.5 Å². The molecule has 1 aromatic heterocycles. The van der Waals surface area contributed by atoms with E-state index in [-0.39, 0.29) is 16.5 Å². The number of carbonyl (C=O) groups is 1. The normalized spacial score (nSPS) is 40.2. The van der Waals surface area contributed by atoms with Crippen molar-refractivity contribution in [2.24, 2.45) is 11.8 Å². The Morgan fingerprint density at radius 3 is 2.85 bits per heavy atom. The fourth-order valence-corrected chi connectivity index (χ4v) is 7.12. The van der Waals surface area contributed by atoms with Crippen molar-refractivity contribution in [1.29, 1.82) is 0 Å². The van der Waals surface area contributed by atoms with Gasteiger partial charge in [0.05, 0.1) is 5.54 Å². The zero-order valence-corrected chi connectivity index (χ0v) is 15.9. The van der Waals surface area contributed by atoms with Gasteiger partial charge < -0.3 is 10.3 Å². The molecule has 4 fully saturated rings. The Kier molecular flexibility index (Phi) is 2.56. The molecular formula is C22H27N3O. The van der Waals surface area contributed by atoms with Crippen molar-refractivity contribution in [2.75, 3.05) is 13.1 Å². The van der Waals surface area contributed by atoms with Crippen LogP contribution in [0.4, 0.5) is 0 Å². The number of hydrogen-bond acceptors (Lipinski definition) is 2. The van der Waals surface area contributed by atoms with Crippen LogP contribution in [0.1, 0.15) is 44.9 Å². The number of nitrogens with one attached hydrogen (secondary N) is 2. The average molecular weight is 349 g/mol. The molecule has 4 aliphatic heterocycles. The van der Waals surface area contributed by atoms with E-state index < -0.39 is 0 Å². The van der Waals surface area contributed by atoms with E-state index in [2.05, 4.69) is 60.2 Å². The summed E-state index contributed by atoms with van der Waals surface area (Å²) in [4.78, 5) is 19.5. The average Bonchev–Trinajstić information content (AvgIpc) is 3.11. The largest absolute Gasteiger partial charge is 0.358 e. The zero-order chi connectivity index (χ0) is 17.9. The maximum absolute atomic E-state index is 13.2. The van der Waals surface area contributed by atoms with Gasteiger partial charge in [0.2, 0.25) is 5.91 Å². The highest BCUT2D eigenvalue weighted by Crippen LogP contribution is 2.59. The molecule has 4 heteroatoms. The molecule has 0 saturated carbocycles. The Morgan fingerprint density at radius 1 is 1.19 bits per heavy atom. The zero-order valence-electron chi connectivity index (χ0n) is 15.9. The van der Waals surface area contributed by atoms with Crippen molar-refractivity contribution in [3.63, 3.8) is 0 Å². The number of piperidine rings is 2. The van der Waals surface area contributed by atoms with Crippen LogP contribution < -0.4 is 5.32 Å². The van der Waals surface area contributed by atoms with Gasteiger partial charge in [0.1, 0.15) is 5.54 Å². The number of hydrogen-bond donors (Lipinski definition) is 2. The van der Waals surface area contributed by atoms with Crippen LogP contribution in [0.3, 0.4) is 0 Å². The lowest BCUT2D eigenvalue weighted by Crippen LogP contribution is -2.82. The van der Waals surface area contributed by atoms with E-state index in [0.29, 0.717) is 17.7 Å². The van der Waals surface area contributed by atoms with Gasteiger partial charge in [0.15, 0.2) is 0 Å².